The lowest BCUT2D eigenvalue weighted by molar-refractivity contribution is -0.127. The highest BCUT2D eigenvalue weighted by Gasteiger charge is 2.35. The fourth-order valence-corrected chi connectivity index (χ4v) is 7.46. The number of aromatic nitrogens is 4. The first kappa shape index (κ1) is 32.7. The van der Waals surface area contributed by atoms with Crippen LogP contribution in [-0.2, 0) is 17.8 Å². The minimum absolute atomic E-state index is 0.121. The number of likely N-dealkylation sites (N-methyl/N-ethyl adjacent to an activating group) is 1. The number of carbonyl (C=O) groups is 1. The molecule has 2 saturated heterocycles. The smallest absolute Gasteiger partial charge is 0.318 e. The molecular formula is C36H37ClFN9O2. The van der Waals surface area contributed by atoms with Crippen molar-refractivity contribution >= 4 is 45.4 Å². The third-order valence-electron chi connectivity index (χ3n) is 9.87. The van der Waals surface area contributed by atoms with Crippen LogP contribution in [0.4, 0.5) is 15.9 Å². The summed E-state index contributed by atoms with van der Waals surface area (Å²) in [6.45, 7) is 7.98. The van der Waals surface area contributed by atoms with Crippen molar-refractivity contribution in [2.45, 2.75) is 44.3 Å². The second-order valence-electron chi connectivity index (χ2n) is 12.8. The summed E-state index contributed by atoms with van der Waals surface area (Å²) in [5, 5.41) is 12.6. The third-order valence-corrected chi connectivity index (χ3v) is 10.2. The lowest BCUT2D eigenvalue weighted by Gasteiger charge is -2.42. The van der Waals surface area contributed by atoms with Gasteiger partial charge in [0, 0.05) is 72.4 Å². The quantitative estimate of drug-likeness (QED) is 0.188. The number of carbonyl (C=O) groups excluding carboxylic acids is 1. The molecule has 0 aliphatic carbocycles. The molecule has 0 N–H and O–H groups in total. The normalized spacial score (nSPS) is 19.5. The summed E-state index contributed by atoms with van der Waals surface area (Å²) in [5.74, 6) is 0.435. The highest BCUT2D eigenvalue weighted by atomic mass is 35.5. The lowest BCUT2D eigenvalue weighted by atomic mass is 10.0. The molecule has 3 aliphatic heterocycles. The van der Waals surface area contributed by atoms with Crippen molar-refractivity contribution in [2.75, 3.05) is 56.2 Å². The van der Waals surface area contributed by atoms with Crippen LogP contribution in [0.3, 0.4) is 0 Å². The first-order chi connectivity index (χ1) is 23.8. The van der Waals surface area contributed by atoms with Gasteiger partial charge in [-0.05, 0) is 50.4 Å². The highest BCUT2D eigenvalue weighted by molar-refractivity contribution is 6.36. The summed E-state index contributed by atoms with van der Waals surface area (Å²) >= 11 is 6.72. The number of piperazine rings is 1. The van der Waals surface area contributed by atoms with Gasteiger partial charge in [0.15, 0.2) is 0 Å². The number of fused-ring (bicyclic) bond motifs is 2. The van der Waals surface area contributed by atoms with Crippen molar-refractivity contribution < 1.29 is 13.9 Å². The van der Waals surface area contributed by atoms with Gasteiger partial charge in [0.05, 0.1) is 35.8 Å². The molecule has 0 radical (unpaired) electrons. The number of benzene rings is 2. The van der Waals surface area contributed by atoms with E-state index in [0.29, 0.717) is 61.8 Å². The maximum Gasteiger partial charge on any atom is 0.318 e. The summed E-state index contributed by atoms with van der Waals surface area (Å²) in [5.41, 5.74) is 3.46. The molecule has 2 atom stereocenters. The number of hydrogen-bond acceptors (Lipinski definition) is 10. The van der Waals surface area contributed by atoms with Gasteiger partial charge in [0.25, 0.3) is 5.91 Å². The number of rotatable bonds is 8. The van der Waals surface area contributed by atoms with E-state index >= 15 is 0 Å². The second-order valence-corrected chi connectivity index (χ2v) is 13.2. The van der Waals surface area contributed by atoms with Crippen molar-refractivity contribution in [3.05, 3.63) is 83.3 Å². The van der Waals surface area contributed by atoms with Crippen LogP contribution in [-0.4, -0.2) is 94.1 Å². The SMILES string of the molecule is C=C(C(=O)N1CCN(c2nc(OC[C@@H]3CCCN3C)nc3c2CCN(c2cccc4cccc(Cl)c24)C3)C[C@@H]1CC#N)c1cnc(F)nc1. The highest BCUT2D eigenvalue weighted by Crippen LogP contribution is 2.37. The molecule has 0 saturated carbocycles. The van der Waals surface area contributed by atoms with Crippen LogP contribution < -0.4 is 14.5 Å². The van der Waals surface area contributed by atoms with Crippen molar-refractivity contribution in [1.82, 2.24) is 29.7 Å². The average molecular weight is 682 g/mol. The largest absolute Gasteiger partial charge is 0.462 e. The van der Waals surface area contributed by atoms with Crippen molar-refractivity contribution in [3.63, 3.8) is 0 Å². The maximum atomic E-state index is 13.6. The number of halogens is 2. The Labute approximate surface area is 289 Å². The second kappa shape index (κ2) is 13.9. The van der Waals surface area contributed by atoms with Gasteiger partial charge in [-0.3, -0.25) is 4.79 Å². The van der Waals surface area contributed by atoms with Gasteiger partial charge in [-0.2, -0.15) is 19.6 Å². The monoisotopic (exact) mass is 681 g/mol. The number of anilines is 2. The number of likely N-dealkylation sites (tertiary alicyclic amines) is 1. The first-order valence-corrected chi connectivity index (χ1v) is 16.9. The standard InChI is InChI=1S/C36H37ClFN9O2/c1-23(25-18-40-35(38)41-19-25)34(48)47-17-16-46(20-26(47)11-13-39)33-28-12-15-45(31-10-4-7-24-6-3-9-29(37)32(24)31)21-30(28)42-36(43-33)49-22-27-8-5-14-44(27)2/h3-4,6-7,9-10,18-19,26-27H,1,5,8,11-12,14-17,20-22H2,2H3/t26-,27-/m0/s1. The lowest BCUT2D eigenvalue weighted by Crippen LogP contribution is -2.56. The van der Waals surface area contributed by atoms with Gasteiger partial charge in [-0.15, -0.1) is 0 Å². The Kier molecular flexibility index (Phi) is 9.29. The third kappa shape index (κ3) is 6.60. The van der Waals surface area contributed by atoms with Crippen LogP contribution in [0.15, 0.2) is 55.4 Å². The van der Waals surface area contributed by atoms with Crippen LogP contribution in [0.25, 0.3) is 16.3 Å². The van der Waals surface area contributed by atoms with Crippen molar-refractivity contribution in [2.24, 2.45) is 0 Å². The molecule has 0 spiro atoms. The van der Waals surface area contributed by atoms with E-state index in [0.717, 1.165) is 59.5 Å². The van der Waals surface area contributed by atoms with Gasteiger partial charge in [-0.25, -0.2) is 9.97 Å². The molecule has 3 aliphatic rings. The molecule has 252 valence electrons. The Hall–Kier alpha value is -4.86. The minimum atomic E-state index is -0.879. The maximum absolute atomic E-state index is 13.6. The Morgan fingerprint density at radius 2 is 1.88 bits per heavy atom. The Morgan fingerprint density at radius 3 is 2.63 bits per heavy atom. The molecule has 2 fully saturated rings. The fraction of sp³-hybridized carbons (Fsp3) is 0.389. The summed E-state index contributed by atoms with van der Waals surface area (Å²) < 4.78 is 19.6. The first-order valence-electron chi connectivity index (χ1n) is 16.6. The van der Waals surface area contributed by atoms with E-state index in [2.05, 4.69) is 68.6 Å². The molecule has 11 nitrogen and oxygen atoms in total. The van der Waals surface area contributed by atoms with Gasteiger partial charge in [0.1, 0.15) is 12.4 Å². The van der Waals surface area contributed by atoms with Gasteiger partial charge in [-0.1, -0.05) is 42.4 Å². The molecule has 4 aromatic rings. The number of amides is 1. The van der Waals surface area contributed by atoms with E-state index < -0.39 is 12.1 Å². The van der Waals surface area contributed by atoms with Gasteiger partial charge in [0.2, 0.25) is 0 Å². The van der Waals surface area contributed by atoms with E-state index in [1.165, 1.54) is 12.4 Å². The zero-order valence-corrected chi connectivity index (χ0v) is 28.1. The number of ether oxygens (including phenoxy) is 1. The molecule has 7 rings (SSSR count). The topological polar surface area (TPSA) is 115 Å². The zero-order valence-electron chi connectivity index (χ0n) is 27.4. The Balaban J connectivity index is 1.19. The Morgan fingerprint density at radius 1 is 1.08 bits per heavy atom. The van der Waals surface area contributed by atoms with Gasteiger partial charge < -0.3 is 24.3 Å². The molecule has 1 amide bonds. The van der Waals surface area contributed by atoms with Gasteiger partial charge >= 0.3 is 12.1 Å². The molecule has 0 unspecified atom stereocenters. The summed E-state index contributed by atoms with van der Waals surface area (Å²) in [6, 6.07) is 14.6. The summed E-state index contributed by atoms with van der Waals surface area (Å²) in [4.78, 5) is 39.1. The molecule has 13 heteroatoms. The summed E-state index contributed by atoms with van der Waals surface area (Å²) in [6.07, 6.45) is 4.61. The van der Waals surface area contributed by atoms with Crippen LogP contribution in [0.1, 0.15) is 36.1 Å². The molecule has 5 heterocycles. The minimum Gasteiger partial charge on any atom is -0.462 e. The predicted octanol–water partition coefficient (Wildman–Crippen LogP) is 4.89. The molecule has 2 aromatic carbocycles. The number of nitriles is 1. The van der Waals surface area contributed by atoms with E-state index in [-0.39, 0.29) is 17.9 Å². The predicted molar refractivity (Wildman–Crippen MR) is 186 cm³/mol. The van der Waals surface area contributed by atoms with Crippen LogP contribution in [0.2, 0.25) is 5.02 Å². The van der Waals surface area contributed by atoms with Crippen LogP contribution in [0.5, 0.6) is 6.01 Å². The van der Waals surface area contributed by atoms with Crippen molar-refractivity contribution in [1.29, 1.82) is 5.26 Å². The molecule has 2 aromatic heterocycles. The van der Waals surface area contributed by atoms with E-state index in [9.17, 15) is 14.4 Å². The van der Waals surface area contributed by atoms with Crippen molar-refractivity contribution in [3.8, 4) is 12.1 Å². The number of nitrogens with zero attached hydrogens (tertiary/aromatic N) is 9. The van der Waals surface area contributed by atoms with E-state index in [4.69, 9.17) is 26.3 Å². The van der Waals surface area contributed by atoms with E-state index in [1.54, 1.807) is 4.90 Å². The molecule has 49 heavy (non-hydrogen) atoms. The fourth-order valence-electron chi connectivity index (χ4n) is 7.18. The van der Waals surface area contributed by atoms with Crippen LogP contribution >= 0.6 is 11.6 Å². The summed E-state index contributed by atoms with van der Waals surface area (Å²) in [7, 11) is 2.11. The van der Waals surface area contributed by atoms with E-state index in [1.807, 2.05) is 12.1 Å². The zero-order chi connectivity index (χ0) is 34.1. The number of hydrogen-bond donors (Lipinski definition) is 0. The van der Waals surface area contributed by atoms with Crippen LogP contribution in [0, 0.1) is 17.4 Å². The molecular weight excluding hydrogens is 645 g/mol. The average Bonchev–Trinajstić information content (AvgIpc) is 3.54. The Bertz CT molecular complexity index is 1930. The molecule has 0 bridgehead atoms.